The van der Waals surface area contributed by atoms with Crippen LogP contribution in [0.1, 0.15) is 32.1 Å². The standard InChI is InChI=1S/C16H25N3O5/c1-19-8-5-3-2-4-6-11-10-16(11,14(22)23)18-13(21)12(7-9-20)17-15(19)24/h4,6,11-12,20H,2-3,5,7-10H2,1H3,(H,17,24)(H,18,21)(H,22,23)/b6-4-/t11-,12-,16+/m0/s1. The number of carbonyl (C=O) groups is 3. The minimum atomic E-state index is -1.30. The van der Waals surface area contributed by atoms with Gasteiger partial charge in [-0.15, -0.1) is 0 Å². The molecule has 0 radical (unpaired) electrons. The highest BCUT2D eigenvalue weighted by Gasteiger charge is 2.60. The van der Waals surface area contributed by atoms with Crippen LogP contribution in [0.5, 0.6) is 0 Å². The van der Waals surface area contributed by atoms with E-state index in [0.29, 0.717) is 13.0 Å². The summed E-state index contributed by atoms with van der Waals surface area (Å²) >= 11 is 0. The predicted octanol–water partition coefficient (Wildman–Crippen LogP) is 0.0784. The Bertz CT molecular complexity index is 536. The number of amides is 3. The summed E-state index contributed by atoms with van der Waals surface area (Å²) in [6.45, 7) is 0.279. The SMILES string of the molecule is CN1CCCC/C=C\[C@H]2C[C@@]2(C(=O)O)NC(=O)[C@H](CCO)NC1=O. The maximum Gasteiger partial charge on any atom is 0.330 e. The first kappa shape index (κ1) is 18.3. The van der Waals surface area contributed by atoms with Crippen LogP contribution in [0.15, 0.2) is 12.2 Å². The monoisotopic (exact) mass is 339 g/mol. The summed E-state index contributed by atoms with van der Waals surface area (Å²) in [4.78, 5) is 37.7. The molecule has 1 aliphatic heterocycles. The van der Waals surface area contributed by atoms with E-state index in [9.17, 15) is 19.5 Å². The van der Waals surface area contributed by atoms with Gasteiger partial charge in [-0.05, 0) is 32.1 Å². The van der Waals surface area contributed by atoms with Gasteiger partial charge >= 0.3 is 12.0 Å². The molecule has 1 heterocycles. The molecule has 2 aliphatic rings. The Labute approximate surface area is 140 Å². The number of rotatable bonds is 3. The fourth-order valence-corrected chi connectivity index (χ4v) is 2.90. The van der Waals surface area contributed by atoms with Crippen LogP contribution in [0, 0.1) is 5.92 Å². The first-order valence-corrected chi connectivity index (χ1v) is 8.25. The lowest BCUT2D eigenvalue weighted by Crippen LogP contribution is -2.55. The summed E-state index contributed by atoms with van der Waals surface area (Å²) in [5, 5.41) is 23.7. The molecule has 8 heteroatoms. The number of hydrogen-bond acceptors (Lipinski definition) is 4. The average Bonchev–Trinajstić information content (AvgIpc) is 3.23. The second-order valence-electron chi connectivity index (χ2n) is 6.44. The maximum atomic E-state index is 12.4. The molecule has 4 N–H and O–H groups in total. The fourth-order valence-electron chi connectivity index (χ4n) is 2.90. The normalized spacial score (nSPS) is 32.8. The van der Waals surface area contributed by atoms with Crippen LogP contribution in [-0.2, 0) is 9.59 Å². The Morgan fingerprint density at radius 2 is 2.17 bits per heavy atom. The topological polar surface area (TPSA) is 119 Å². The van der Waals surface area contributed by atoms with E-state index in [0.717, 1.165) is 19.3 Å². The lowest BCUT2D eigenvalue weighted by Gasteiger charge is -2.24. The Morgan fingerprint density at radius 3 is 2.83 bits per heavy atom. The van der Waals surface area contributed by atoms with Crippen LogP contribution >= 0.6 is 0 Å². The van der Waals surface area contributed by atoms with Crippen molar-refractivity contribution in [2.75, 3.05) is 20.2 Å². The molecule has 2 rings (SSSR count). The van der Waals surface area contributed by atoms with Crippen molar-refractivity contribution in [3.63, 3.8) is 0 Å². The summed E-state index contributed by atoms with van der Waals surface area (Å²) in [5.41, 5.74) is -1.30. The van der Waals surface area contributed by atoms with Gasteiger partial charge in [0.1, 0.15) is 11.6 Å². The second-order valence-corrected chi connectivity index (χ2v) is 6.44. The highest BCUT2D eigenvalue weighted by atomic mass is 16.4. The number of aliphatic carboxylic acids is 1. The quantitative estimate of drug-likeness (QED) is 0.543. The number of carbonyl (C=O) groups excluding carboxylic acids is 2. The molecule has 0 unspecified atom stereocenters. The van der Waals surface area contributed by atoms with Crippen LogP contribution in [0.2, 0.25) is 0 Å². The van der Waals surface area contributed by atoms with Gasteiger partial charge in [0, 0.05) is 26.1 Å². The summed E-state index contributed by atoms with van der Waals surface area (Å²) in [6.07, 6.45) is 6.68. The molecule has 1 saturated carbocycles. The van der Waals surface area contributed by atoms with Crippen molar-refractivity contribution < 1.29 is 24.6 Å². The van der Waals surface area contributed by atoms with E-state index < -0.39 is 29.5 Å². The Balaban J connectivity index is 2.19. The molecular formula is C16H25N3O5. The van der Waals surface area contributed by atoms with Gasteiger partial charge in [-0.3, -0.25) is 4.79 Å². The van der Waals surface area contributed by atoms with E-state index in [-0.39, 0.29) is 18.9 Å². The van der Waals surface area contributed by atoms with Crippen molar-refractivity contribution >= 4 is 17.9 Å². The lowest BCUT2D eigenvalue weighted by molar-refractivity contribution is -0.143. The van der Waals surface area contributed by atoms with E-state index >= 15 is 0 Å². The molecule has 8 nitrogen and oxygen atoms in total. The highest BCUT2D eigenvalue weighted by Crippen LogP contribution is 2.45. The molecule has 24 heavy (non-hydrogen) atoms. The largest absolute Gasteiger partial charge is 0.479 e. The Morgan fingerprint density at radius 1 is 1.42 bits per heavy atom. The number of aliphatic hydroxyl groups is 1. The molecule has 1 fully saturated rings. The van der Waals surface area contributed by atoms with Crippen LogP contribution in [0.3, 0.4) is 0 Å². The average molecular weight is 339 g/mol. The second kappa shape index (κ2) is 7.65. The van der Waals surface area contributed by atoms with Gasteiger partial charge in [-0.1, -0.05) is 12.2 Å². The first-order valence-electron chi connectivity index (χ1n) is 8.25. The number of nitrogens with one attached hydrogen (secondary N) is 2. The zero-order valence-electron chi connectivity index (χ0n) is 13.8. The summed E-state index contributed by atoms with van der Waals surface area (Å²) in [7, 11) is 1.64. The van der Waals surface area contributed by atoms with Crippen molar-refractivity contribution in [1.82, 2.24) is 15.5 Å². The molecule has 0 spiro atoms. The van der Waals surface area contributed by atoms with E-state index in [4.69, 9.17) is 5.11 Å². The zero-order chi connectivity index (χ0) is 17.7. The van der Waals surface area contributed by atoms with Gasteiger partial charge in [0.25, 0.3) is 0 Å². The van der Waals surface area contributed by atoms with Crippen molar-refractivity contribution in [3.8, 4) is 0 Å². The van der Waals surface area contributed by atoms with Crippen LogP contribution in [0.25, 0.3) is 0 Å². The van der Waals surface area contributed by atoms with Gasteiger partial charge in [0.2, 0.25) is 5.91 Å². The fraction of sp³-hybridized carbons (Fsp3) is 0.688. The maximum absolute atomic E-state index is 12.4. The number of carboxylic acids is 1. The summed E-state index contributed by atoms with van der Waals surface area (Å²) in [5.74, 6) is -1.90. The molecule has 0 aromatic carbocycles. The van der Waals surface area contributed by atoms with E-state index in [1.165, 1.54) is 4.90 Å². The summed E-state index contributed by atoms with van der Waals surface area (Å²) in [6, 6.07) is -1.37. The third kappa shape index (κ3) is 4.05. The molecule has 0 aromatic heterocycles. The number of nitrogens with zero attached hydrogens (tertiary/aromatic N) is 1. The molecular weight excluding hydrogens is 314 g/mol. The van der Waals surface area contributed by atoms with Gasteiger partial charge in [-0.2, -0.15) is 0 Å². The number of allylic oxidation sites excluding steroid dienone is 1. The van der Waals surface area contributed by atoms with Crippen molar-refractivity contribution in [2.24, 2.45) is 5.92 Å². The molecule has 3 atom stereocenters. The minimum absolute atomic E-state index is 0.0294. The third-order valence-corrected chi connectivity index (χ3v) is 4.60. The number of aliphatic hydroxyl groups excluding tert-OH is 1. The smallest absolute Gasteiger partial charge is 0.330 e. The van der Waals surface area contributed by atoms with Gasteiger partial charge < -0.3 is 25.7 Å². The first-order chi connectivity index (χ1) is 11.4. The van der Waals surface area contributed by atoms with Crippen molar-refractivity contribution in [3.05, 3.63) is 12.2 Å². The number of fused-ring (bicyclic) bond motifs is 1. The Hall–Kier alpha value is -2.09. The van der Waals surface area contributed by atoms with Crippen LogP contribution in [0.4, 0.5) is 4.79 Å². The molecule has 134 valence electrons. The predicted molar refractivity (Wildman–Crippen MR) is 86.3 cm³/mol. The van der Waals surface area contributed by atoms with Crippen LogP contribution < -0.4 is 10.6 Å². The van der Waals surface area contributed by atoms with Crippen LogP contribution in [-0.4, -0.2) is 64.8 Å². The summed E-state index contributed by atoms with van der Waals surface area (Å²) < 4.78 is 0. The molecule has 0 saturated heterocycles. The lowest BCUT2D eigenvalue weighted by atomic mass is 10.1. The highest BCUT2D eigenvalue weighted by molar-refractivity contribution is 5.94. The van der Waals surface area contributed by atoms with Crippen molar-refractivity contribution in [2.45, 2.75) is 43.7 Å². The van der Waals surface area contributed by atoms with E-state index in [1.807, 2.05) is 12.2 Å². The third-order valence-electron chi connectivity index (χ3n) is 4.60. The molecule has 0 bridgehead atoms. The minimum Gasteiger partial charge on any atom is -0.479 e. The van der Waals surface area contributed by atoms with E-state index in [2.05, 4.69) is 10.6 Å². The molecule has 3 amide bonds. The number of hydrogen-bond donors (Lipinski definition) is 4. The van der Waals surface area contributed by atoms with Gasteiger partial charge in [0.15, 0.2) is 0 Å². The number of urea groups is 1. The van der Waals surface area contributed by atoms with Gasteiger partial charge in [0.05, 0.1) is 0 Å². The van der Waals surface area contributed by atoms with E-state index in [1.54, 1.807) is 7.05 Å². The molecule has 1 aliphatic carbocycles. The van der Waals surface area contributed by atoms with Gasteiger partial charge in [-0.25, -0.2) is 9.59 Å². The Kier molecular flexibility index (Phi) is 5.82. The zero-order valence-corrected chi connectivity index (χ0v) is 13.8. The van der Waals surface area contributed by atoms with Crippen molar-refractivity contribution in [1.29, 1.82) is 0 Å². The molecule has 0 aromatic rings. The number of carboxylic acid groups (broad SMARTS) is 1.